The highest BCUT2D eigenvalue weighted by Gasteiger charge is 2.29. The first-order valence-electron chi connectivity index (χ1n) is 25.3. The molecule has 83 heavy (non-hydrogen) atoms. The number of hydrogen-bond donors (Lipinski definition) is 2. The monoisotopic (exact) mass is 1220 g/mol. The van der Waals surface area contributed by atoms with Gasteiger partial charge >= 0.3 is 0 Å². The Balaban J connectivity index is 0.000000185. The number of sulfonamides is 2. The second-order valence-electron chi connectivity index (χ2n) is 19.3. The summed E-state index contributed by atoms with van der Waals surface area (Å²) < 4.78 is 106. The van der Waals surface area contributed by atoms with Crippen molar-refractivity contribution in [3.05, 3.63) is 191 Å². The third-order valence-corrected chi connectivity index (χ3v) is 16.8. The normalized spacial score (nSPS) is 11.7. The number of carbonyl (C=O) groups excluding carboxylic acids is 2. The van der Waals surface area contributed by atoms with Crippen molar-refractivity contribution in [2.75, 3.05) is 49.3 Å². The Labute approximate surface area is 483 Å². The summed E-state index contributed by atoms with van der Waals surface area (Å²) in [6, 6.07) is 42.2. The van der Waals surface area contributed by atoms with E-state index in [1.165, 1.54) is 81.0 Å². The fourth-order valence-corrected chi connectivity index (χ4v) is 11.0. The van der Waals surface area contributed by atoms with Crippen molar-refractivity contribution in [2.24, 2.45) is 0 Å². The number of rotatable bonds is 12. The van der Waals surface area contributed by atoms with E-state index >= 15 is 0 Å². The van der Waals surface area contributed by atoms with Crippen molar-refractivity contribution in [3.63, 3.8) is 0 Å². The zero-order valence-electron chi connectivity index (χ0n) is 44.9. The minimum absolute atomic E-state index is 0. The minimum atomic E-state index is -3.68. The molecule has 6 heterocycles. The van der Waals surface area contributed by atoms with Crippen LogP contribution in [0.2, 0.25) is 0 Å². The Bertz CT molecular complexity index is 4760. The van der Waals surface area contributed by atoms with Crippen LogP contribution in [0.5, 0.6) is 0 Å². The van der Waals surface area contributed by atoms with Gasteiger partial charge < -0.3 is 28.3 Å². The van der Waals surface area contributed by atoms with Gasteiger partial charge in [-0.1, -0.05) is 36.4 Å². The molecule has 2 N–H and O–H groups in total. The van der Waals surface area contributed by atoms with Crippen molar-refractivity contribution < 1.29 is 54.3 Å². The molecular weight excluding hydrogens is 1170 g/mol. The van der Waals surface area contributed by atoms with Gasteiger partial charge in [0, 0.05) is 114 Å². The Morgan fingerprint density at radius 1 is 0.518 bits per heavy atom. The summed E-state index contributed by atoms with van der Waals surface area (Å²) in [6.07, 6.45) is 5.53. The number of furan rings is 4. The summed E-state index contributed by atoms with van der Waals surface area (Å²) in [5.41, 5.74) is 7.78. The van der Waals surface area contributed by atoms with Crippen molar-refractivity contribution in [3.8, 4) is 67.5 Å². The van der Waals surface area contributed by atoms with Gasteiger partial charge in [-0.05, 0) is 130 Å². The fraction of sp³-hybridized carbons (Fsp3) is 0.0968. The van der Waals surface area contributed by atoms with Crippen LogP contribution >= 0.6 is 15.9 Å². The maximum Gasteiger partial charge on any atom is 0.255 e. The molecule has 0 aliphatic rings. The molecule has 0 saturated heterocycles. The van der Waals surface area contributed by atoms with E-state index in [2.05, 4.69) is 36.5 Å². The number of nitrogens with zero attached hydrogens (tertiary/aromatic N) is 4. The van der Waals surface area contributed by atoms with Crippen molar-refractivity contribution in [2.45, 2.75) is 0 Å². The second-order valence-corrected chi connectivity index (χ2v) is 24.2. The lowest BCUT2D eigenvalue weighted by Gasteiger charge is -2.21. The van der Waals surface area contributed by atoms with Gasteiger partial charge in [-0.3, -0.25) is 18.2 Å². The summed E-state index contributed by atoms with van der Waals surface area (Å²) in [6.45, 7) is 0. The van der Waals surface area contributed by atoms with E-state index in [9.17, 15) is 35.2 Å². The molecule has 0 radical (unpaired) electrons. The molecular formula is C62H49BrF2N6O10S2. The molecule has 21 heteroatoms. The number of aromatic nitrogens is 2. The van der Waals surface area contributed by atoms with E-state index in [-0.39, 0.29) is 24.1 Å². The third-order valence-electron chi connectivity index (χ3n) is 14.0. The molecule has 0 spiro atoms. The second kappa shape index (κ2) is 21.8. The van der Waals surface area contributed by atoms with E-state index in [4.69, 9.17) is 17.7 Å². The maximum atomic E-state index is 13.7. The lowest BCUT2D eigenvalue weighted by molar-refractivity contribution is 0.0956. The first kappa shape index (κ1) is 55.5. The van der Waals surface area contributed by atoms with Crippen LogP contribution in [-0.4, -0.2) is 79.3 Å². The van der Waals surface area contributed by atoms with Crippen LogP contribution in [0.1, 0.15) is 22.1 Å². The Morgan fingerprint density at radius 3 is 1.39 bits per heavy atom. The van der Waals surface area contributed by atoms with Crippen molar-refractivity contribution in [1.29, 1.82) is 0 Å². The number of hydrogen-bond acceptors (Lipinski definition) is 12. The Hall–Kier alpha value is -9.44. The molecule has 0 atom stereocenters. The summed E-state index contributed by atoms with van der Waals surface area (Å²) in [7, 11) is -1.43. The molecule has 6 aromatic heterocycles. The number of pyridine rings is 2. The van der Waals surface area contributed by atoms with E-state index in [1.54, 1.807) is 36.7 Å². The standard InChI is InChI=1S/C31H23BrFN3O5S.C31H24FN3O5S.H2/c1-34-30(37)28-24-14-23(18-5-4-6-19(11-18)26-13-20-12-21(32)16-35-31(20)41-26)25(36(2)42(3,38)39)15-27(24)40-29(28)17-7-9-22(33)10-8-17;1-33-30(36)28-24-16-23(19-6-4-7-20(14-19)26-15-21-8-5-13-34-31(21)40-26)25(35(2)41(3,37)38)17-27(24)39-29(28)18-9-11-22(32)12-10-18;/h4-16H,1-3H3,(H,34,37);4-17H,1-3H3,(H,33,36);1H. The van der Waals surface area contributed by atoms with E-state index in [0.29, 0.717) is 89.6 Å². The predicted octanol–water partition coefficient (Wildman–Crippen LogP) is 13.9. The number of fused-ring (bicyclic) bond motifs is 4. The van der Waals surface area contributed by atoms with Gasteiger partial charge in [0.2, 0.25) is 31.5 Å². The van der Waals surface area contributed by atoms with E-state index in [0.717, 1.165) is 43.2 Å². The van der Waals surface area contributed by atoms with Gasteiger partial charge in [-0.2, -0.15) is 0 Å². The molecule has 0 unspecified atom stereocenters. The highest BCUT2D eigenvalue weighted by molar-refractivity contribution is 9.10. The number of carbonyl (C=O) groups is 2. The average molecular weight is 1220 g/mol. The van der Waals surface area contributed by atoms with Crippen LogP contribution in [0, 0.1) is 11.6 Å². The van der Waals surface area contributed by atoms with Crippen LogP contribution in [0.15, 0.2) is 186 Å². The van der Waals surface area contributed by atoms with Gasteiger partial charge in [0.1, 0.15) is 45.8 Å². The molecule has 0 bridgehead atoms. The van der Waals surface area contributed by atoms with Crippen LogP contribution in [-0.2, 0) is 20.0 Å². The molecule has 0 saturated carbocycles. The van der Waals surface area contributed by atoms with Crippen LogP contribution in [0.3, 0.4) is 0 Å². The molecule has 2 amide bonds. The highest BCUT2D eigenvalue weighted by atomic mass is 79.9. The Morgan fingerprint density at radius 2 is 0.952 bits per heavy atom. The number of halogens is 3. The predicted molar refractivity (Wildman–Crippen MR) is 323 cm³/mol. The maximum absolute atomic E-state index is 13.7. The van der Waals surface area contributed by atoms with Gasteiger partial charge in [-0.25, -0.2) is 35.6 Å². The fourth-order valence-electron chi connectivity index (χ4n) is 9.66. The molecule has 12 rings (SSSR count). The molecule has 0 fully saturated rings. The minimum Gasteiger partial charge on any atom is -0.455 e. The topological polar surface area (TPSA) is 211 Å². The number of benzene rings is 6. The molecule has 16 nitrogen and oxygen atoms in total. The number of nitrogens with one attached hydrogen (secondary N) is 2. The molecule has 420 valence electrons. The summed E-state index contributed by atoms with van der Waals surface area (Å²) in [5.74, 6) is 0.0169. The number of anilines is 2. The van der Waals surface area contributed by atoms with Crippen molar-refractivity contribution >= 4 is 103 Å². The zero-order chi connectivity index (χ0) is 58.6. The SMILES string of the molecule is CNC(=O)c1c(-c2ccc(F)cc2)oc2cc(N(C)S(C)(=O)=O)c(-c3cccc(-c4cc5cc(Br)cnc5o4)c3)cc12.CNC(=O)c1c(-c2ccc(F)cc2)oc2cc(N(C)S(C)(=O)=O)c(-c3cccc(-c4cc5cccnc5o4)c3)cc12.[HH]. The lowest BCUT2D eigenvalue weighted by atomic mass is 9.97. The van der Waals surface area contributed by atoms with Crippen LogP contribution in [0.25, 0.3) is 112 Å². The van der Waals surface area contributed by atoms with Crippen LogP contribution < -0.4 is 19.2 Å². The van der Waals surface area contributed by atoms with E-state index < -0.39 is 43.5 Å². The third kappa shape index (κ3) is 10.8. The molecule has 6 aromatic carbocycles. The Kier molecular flexibility index (Phi) is 14.6. The van der Waals surface area contributed by atoms with Crippen molar-refractivity contribution in [1.82, 2.24) is 20.6 Å². The largest absolute Gasteiger partial charge is 0.455 e. The highest BCUT2D eigenvalue weighted by Crippen LogP contribution is 2.45. The zero-order valence-corrected chi connectivity index (χ0v) is 48.1. The molecule has 0 aliphatic carbocycles. The first-order valence-corrected chi connectivity index (χ1v) is 29.8. The quantitative estimate of drug-likeness (QED) is 0.117. The van der Waals surface area contributed by atoms with Gasteiger partial charge in [0.05, 0.1) is 35.0 Å². The van der Waals surface area contributed by atoms with Gasteiger partial charge in [0.15, 0.2) is 0 Å². The van der Waals surface area contributed by atoms with Gasteiger partial charge in [-0.15, -0.1) is 0 Å². The van der Waals surface area contributed by atoms with Crippen LogP contribution in [0.4, 0.5) is 20.2 Å². The summed E-state index contributed by atoms with van der Waals surface area (Å²) >= 11 is 3.43. The molecule has 12 aromatic rings. The molecule has 0 aliphatic heterocycles. The lowest BCUT2D eigenvalue weighted by Crippen LogP contribution is -2.25. The first-order chi connectivity index (χ1) is 39.7. The van der Waals surface area contributed by atoms with Gasteiger partial charge in [0.25, 0.3) is 11.8 Å². The summed E-state index contributed by atoms with van der Waals surface area (Å²) in [4.78, 5) is 34.9. The average Bonchev–Trinajstić information content (AvgIpc) is 3.58. The number of amides is 2. The summed E-state index contributed by atoms with van der Waals surface area (Å²) in [5, 5.41) is 7.92. The smallest absolute Gasteiger partial charge is 0.255 e. The van der Waals surface area contributed by atoms with E-state index in [1.807, 2.05) is 78.9 Å².